The van der Waals surface area contributed by atoms with Gasteiger partial charge in [0.15, 0.2) is 0 Å². The molecule has 162 valence electrons. The van der Waals surface area contributed by atoms with E-state index in [1.54, 1.807) is 28.9 Å². The second kappa shape index (κ2) is 10.9. The third-order valence-electron chi connectivity index (χ3n) is 4.64. The van der Waals surface area contributed by atoms with Crippen molar-refractivity contribution in [1.82, 2.24) is 15.1 Å². The maximum Gasteiger partial charge on any atom is 0.261 e. The van der Waals surface area contributed by atoms with Crippen LogP contribution in [0, 0.1) is 0 Å². The fraction of sp³-hybridized carbons (Fsp3) is 0.261. The Morgan fingerprint density at radius 3 is 2.68 bits per heavy atom. The van der Waals surface area contributed by atoms with Crippen molar-refractivity contribution < 1.29 is 14.3 Å². The molecule has 1 heterocycles. The summed E-state index contributed by atoms with van der Waals surface area (Å²) in [7, 11) is 0. The van der Waals surface area contributed by atoms with Gasteiger partial charge in [0.05, 0.1) is 12.7 Å². The van der Waals surface area contributed by atoms with Crippen molar-refractivity contribution in [2.24, 2.45) is 0 Å². The van der Waals surface area contributed by atoms with Crippen LogP contribution < -0.4 is 16.4 Å². The van der Waals surface area contributed by atoms with E-state index in [0.29, 0.717) is 37.6 Å². The van der Waals surface area contributed by atoms with Gasteiger partial charge in [-0.05, 0) is 37.1 Å². The van der Waals surface area contributed by atoms with E-state index >= 15 is 0 Å². The molecule has 0 saturated heterocycles. The maximum atomic E-state index is 12.7. The Morgan fingerprint density at radius 1 is 1.10 bits per heavy atom. The molecule has 2 aromatic carbocycles. The third-order valence-corrected chi connectivity index (χ3v) is 4.64. The predicted molar refractivity (Wildman–Crippen MR) is 120 cm³/mol. The van der Waals surface area contributed by atoms with E-state index in [2.05, 4.69) is 15.7 Å². The van der Waals surface area contributed by atoms with Gasteiger partial charge in [-0.1, -0.05) is 36.4 Å². The molecule has 2 amide bonds. The normalized spacial score (nSPS) is 10.6. The summed E-state index contributed by atoms with van der Waals surface area (Å²) in [5.41, 5.74) is 8.41. The number of aromatic nitrogens is 2. The molecule has 4 N–H and O–H groups in total. The summed E-state index contributed by atoms with van der Waals surface area (Å²) in [4.78, 5) is 25.0. The molecule has 3 rings (SSSR count). The Bertz CT molecular complexity index is 1020. The average Bonchev–Trinajstić information content (AvgIpc) is 3.14. The number of ether oxygens (including phenoxy) is 1. The first-order valence-electron chi connectivity index (χ1n) is 10.2. The summed E-state index contributed by atoms with van der Waals surface area (Å²) < 4.78 is 6.83. The number of carbonyl (C=O) groups excluding carboxylic acids is 2. The monoisotopic (exact) mass is 421 g/mol. The number of anilines is 2. The Hall–Kier alpha value is -3.65. The number of benzene rings is 2. The van der Waals surface area contributed by atoms with Crippen LogP contribution in [0.5, 0.6) is 0 Å². The van der Waals surface area contributed by atoms with Gasteiger partial charge in [0.2, 0.25) is 0 Å². The van der Waals surface area contributed by atoms with E-state index in [-0.39, 0.29) is 23.2 Å². The lowest BCUT2D eigenvalue weighted by Crippen LogP contribution is -2.25. The molecule has 0 spiro atoms. The van der Waals surface area contributed by atoms with Gasteiger partial charge >= 0.3 is 0 Å². The predicted octanol–water partition coefficient (Wildman–Crippen LogP) is 2.92. The number of nitrogens with one attached hydrogen (secondary N) is 2. The lowest BCUT2D eigenvalue weighted by atomic mass is 10.1. The highest BCUT2D eigenvalue weighted by atomic mass is 16.5. The van der Waals surface area contributed by atoms with Crippen LogP contribution in [0.15, 0.2) is 60.8 Å². The van der Waals surface area contributed by atoms with E-state index in [1.165, 1.54) is 6.20 Å². The van der Waals surface area contributed by atoms with Gasteiger partial charge in [0.25, 0.3) is 11.8 Å². The van der Waals surface area contributed by atoms with Crippen molar-refractivity contribution >= 4 is 23.3 Å². The van der Waals surface area contributed by atoms with Crippen molar-refractivity contribution in [2.45, 2.75) is 19.9 Å². The second-order valence-corrected chi connectivity index (χ2v) is 6.93. The molecule has 0 saturated carbocycles. The average molecular weight is 422 g/mol. The van der Waals surface area contributed by atoms with Crippen LogP contribution in [0.3, 0.4) is 0 Å². The molecular formula is C23H27N5O3. The van der Waals surface area contributed by atoms with Crippen molar-refractivity contribution in [1.29, 1.82) is 0 Å². The van der Waals surface area contributed by atoms with Gasteiger partial charge in [0, 0.05) is 31.0 Å². The summed E-state index contributed by atoms with van der Waals surface area (Å²) in [6, 6.07) is 16.5. The van der Waals surface area contributed by atoms with Crippen LogP contribution >= 0.6 is 0 Å². The standard InChI is InChI=1S/C23H27N5O3/c1-2-31-13-7-12-25-22(29)18-10-6-11-19(14-18)27-23(30)20-15-26-28(21(20)24)16-17-8-4-3-5-9-17/h3-6,8-11,14-15H,2,7,12-13,16,24H2,1H3,(H,25,29)(H,27,30). The zero-order valence-electron chi connectivity index (χ0n) is 17.5. The number of hydrogen-bond donors (Lipinski definition) is 3. The number of nitrogens with two attached hydrogens (primary N) is 1. The minimum absolute atomic E-state index is 0.206. The van der Waals surface area contributed by atoms with Gasteiger partial charge in [0.1, 0.15) is 11.4 Å². The van der Waals surface area contributed by atoms with Gasteiger partial charge in [-0.3, -0.25) is 9.59 Å². The Morgan fingerprint density at radius 2 is 1.90 bits per heavy atom. The first-order chi connectivity index (χ1) is 15.1. The lowest BCUT2D eigenvalue weighted by Gasteiger charge is -2.09. The molecule has 31 heavy (non-hydrogen) atoms. The number of amides is 2. The Kier molecular flexibility index (Phi) is 7.78. The number of nitrogen functional groups attached to an aromatic ring is 1. The minimum atomic E-state index is -0.383. The molecule has 3 aromatic rings. The second-order valence-electron chi connectivity index (χ2n) is 6.93. The summed E-state index contributed by atoms with van der Waals surface area (Å²) in [5, 5.41) is 9.85. The van der Waals surface area contributed by atoms with Crippen molar-refractivity contribution in [3.63, 3.8) is 0 Å². The molecular weight excluding hydrogens is 394 g/mol. The molecule has 0 aliphatic heterocycles. The van der Waals surface area contributed by atoms with Crippen LogP contribution in [0.25, 0.3) is 0 Å². The van der Waals surface area contributed by atoms with Crippen LogP contribution in [0.1, 0.15) is 39.6 Å². The zero-order chi connectivity index (χ0) is 22.1. The molecule has 0 aliphatic rings. The molecule has 0 unspecified atom stereocenters. The third kappa shape index (κ3) is 6.16. The highest BCUT2D eigenvalue weighted by Crippen LogP contribution is 2.17. The minimum Gasteiger partial charge on any atom is -0.383 e. The first kappa shape index (κ1) is 22.0. The summed E-state index contributed by atoms with van der Waals surface area (Å²) >= 11 is 0. The largest absolute Gasteiger partial charge is 0.383 e. The number of nitrogens with zero attached hydrogens (tertiary/aromatic N) is 2. The summed E-state index contributed by atoms with van der Waals surface area (Å²) in [6.45, 7) is 4.18. The number of rotatable bonds is 10. The number of carbonyl (C=O) groups is 2. The zero-order valence-corrected chi connectivity index (χ0v) is 17.5. The quantitative estimate of drug-likeness (QED) is 0.436. The highest BCUT2D eigenvalue weighted by molar-refractivity contribution is 6.07. The van der Waals surface area contributed by atoms with Crippen molar-refractivity contribution in [3.05, 3.63) is 77.5 Å². The lowest BCUT2D eigenvalue weighted by molar-refractivity contribution is 0.0943. The van der Waals surface area contributed by atoms with Gasteiger partial charge in [-0.15, -0.1) is 0 Å². The maximum absolute atomic E-state index is 12.7. The molecule has 0 fully saturated rings. The van der Waals surface area contributed by atoms with Crippen molar-refractivity contribution in [2.75, 3.05) is 30.8 Å². The molecule has 0 bridgehead atoms. The molecule has 1 aromatic heterocycles. The fourth-order valence-corrected chi connectivity index (χ4v) is 3.01. The van der Waals surface area contributed by atoms with E-state index in [0.717, 1.165) is 12.0 Å². The van der Waals surface area contributed by atoms with Gasteiger partial charge < -0.3 is 21.1 Å². The topological polar surface area (TPSA) is 111 Å². The van der Waals surface area contributed by atoms with Crippen LogP contribution in [0.2, 0.25) is 0 Å². The highest BCUT2D eigenvalue weighted by Gasteiger charge is 2.16. The van der Waals surface area contributed by atoms with E-state index in [1.807, 2.05) is 37.3 Å². The van der Waals surface area contributed by atoms with Crippen LogP contribution in [0.4, 0.5) is 11.5 Å². The van der Waals surface area contributed by atoms with Crippen LogP contribution in [-0.2, 0) is 11.3 Å². The van der Waals surface area contributed by atoms with Gasteiger partial charge in [-0.25, -0.2) is 4.68 Å². The van der Waals surface area contributed by atoms with E-state index in [4.69, 9.17) is 10.5 Å². The molecule has 8 heteroatoms. The Balaban J connectivity index is 1.61. The van der Waals surface area contributed by atoms with Crippen molar-refractivity contribution in [3.8, 4) is 0 Å². The Labute approximate surface area is 181 Å². The van der Waals surface area contributed by atoms with E-state index < -0.39 is 0 Å². The molecule has 0 radical (unpaired) electrons. The first-order valence-corrected chi connectivity index (χ1v) is 10.2. The van der Waals surface area contributed by atoms with Crippen LogP contribution in [-0.4, -0.2) is 41.4 Å². The SMILES string of the molecule is CCOCCCNC(=O)c1cccc(NC(=O)c2cnn(Cc3ccccc3)c2N)c1. The molecule has 8 nitrogen and oxygen atoms in total. The molecule has 0 atom stereocenters. The number of hydrogen-bond acceptors (Lipinski definition) is 5. The fourth-order valence-electron chi connectivity index (χ4n) is 3.01. The summed E-state index contributed by atoms with van der Waals surface area (Å²) in [6.07, 6.45) is 2.19. The molecule has 0 aliphatic carbocycles. The smallest absolute Gasteiger partial charge is 0.261 e. The van der Waals surface area contributed by atoms with E-state index in [9.17, 15) is 9.59 Å². The van der Waals surface area contributed by atoms with Gasteiger partial charge in [-0.2, -0.15) is 5.10 Å². The summed E-state index contributed by atoms with van der Waals surface area (Å²) in [5.74, 6) is -0.307.